The summed E-state index contributed by atoms with van der Waals surface area (Å²) in [4.78, 5) is 44.4. The minimum atomic E-state index is -3.37. The smallest absolute Gasteiger partial charge is 0.330 e. The second-order valence-electron chi connectivity index (χ2n) is 8.18. The van der Waals surface area contributed by atoms with Gasteiger partial charge in [0, 0.05) is 26.2 Å². The summed E-state index contributed by atoms with van der Waals surface area (Å²) in [5.74, 6) is -0.660. The quantitative estimate of drug-likeness (QED) is 0.537. The summed E-state index contributed by atoms with van der Waals surface area (Å²) < 4.78 is 33.6. The molecule has 1 atom stereocenters. The van der Waals surface area contributed by atoms with Gasteiger partial charge in [0.05, 0.1) is 12.2 Å². The van der Waals surface area contributed by atoms with Crippen LogP contribution in [0.2, 0.25) is 0 Å². The standard InChI is InChI=1S/C20H31N5O6S/c1-4-6-11-25-17-16(18(26)22-20(25)28)24(9-5-2)15(21-17)13-31-19(27)14-8-7-10-23(12-14)32(3,29)30/h14H,4-13H2,1-3H3,(H,22,26,28)/t14-/m0/s1. The van der Waals surface area contributed by atoms with Gasteiger partial charge in [0.2, 0.25) is 10.0 Å². The molecule has 3 rings (SSSR count). The van der Waals surface area contributed by atoms with Gasteiger partial charge in [0.15, 0.2) is 11.2 Å². The molecular weight excluding hydrogens is 438 g/mol. The molecule has 1 fully saturated rings. The van der Waals surface area contributed by atoms with Gasteiger partial charge in [-0.1, -0.05) is 20.3 Å². The predicted octanol–water partition coefficient (Wildman–Crippen LogP) is 0.811. The number of nitrogens with zero attached hydrogens (tertiary/aromatic N) is 4. The fraction of sp³-hybridized carbons (Fsp3) is 0.700. The zero-order chi connectivity index (χ0) is 23.5. The molecular formula is C20H31N5O6S. The van der Waals surface area contributed by atoms with Crippen LogP contribution in [0, 0.1) is 5.92 Å². The van der Waals surface area contributed by atoms with Gasteiger partial charge in [-0.15, -0.1) is 0 Å². The van der Waals surface area contributed by atoms with E-state index in [9.17, 15) is 22.8 Å². The van der Waals surface area contributed by atoms with Crippen molar-refractivity contribution in [2.75, 3.05) is 19.3 Å². The molecule has 1 N–H and O–H groups in total. The number of ether oxygens (including phenoxy) is 1. The third kappa shape index (κ3) is 5.12. The zero-order valence-electron chi connectivity index (χ0n) is 18.8. The van der Waals surface area contributed by atoms with Gasteiger partial charge >= 0.3 is 11.7 Å². The molecule has 12 heteroatoms. The Morgan fingerprint density at radius 2 is 1.94 bits per heavy atom. The first-order chi connectivity index (χ1) is 15.2. The van der Waals surface area contributed by atoms with Crippen LogP contribution in [0.3, 0.4) is 0 Å². The van der Waals surface area contributed by atoms with Gasteiger partial charge in [-0.2, -0.15) is 0 Å². The number of aryl methyl sites for hydroxylation is 2. The van der Waals surface area contributed by atoms with E-state index >= 15 is 0 Å². The van der Waals surface area contributed by atoms with Crippen LogP contribution in [0.25, 0.3) is 11.2 Å². The highest BCUT2D eigenvalue weighted by Crippen LogP contribution is 2.21. The Morgan fingerprint density at radius 1 is 1.19 bits per heavy atom. The largest absolute Gasteiger partial charge is 0.457 e. The number of aromatic nitrogens is 4. The first-order valence-corrected chi connectivity index (χ1v) is 12.9. The van der Waals surface area contributed by atoms with E-state index in [1.54, 1.807) is 4.57 Å². The number of imidazole rings is 1. The predicted molar refractivity (Wildman–Crippen MR) is 119 cm³/mol. The lowest BCUT2D eigenvalue weighted by Gasteiger charge is -2.29. The van der Waals surface area contributed by atoms with Crippen LogP contribution in [0.5, 0.6) is 0 Å². The summed E-state index contributed by atoms with van der Waals surface area (Å²) >= 11 is 0. The summed E-state index contributed by atoms with van der Waals surface area (Å²) in [6.45, 7) is 5.18. The van der Waals surface area contributed by atoms with Gasteiger partial charge < -0.3 is 9.30 Å². The number of carbonyl (C=O) groups excluding carboxylic acids is 1. The van der Waals surface area contributed by atoms with Crippen molar-refractivity contribution in [3.63, 3.8) is 0 Å². The van der Waals surface area contributed by atoms with Crippen molar-refractivity contribution in [2.24, 2.45) is 5.92 Å². The first kappa shape index (κ1) is 24.2. The maximum absolute atomic E-state index is 12.7. The van der Waals surface area contributed by atoms with Crippen molar-refractivity contribution >= 4 is 27.2 Å². The molecule has 0 aliphatic carbocycles. The topological polar surface area (TPSA) is 136 Å². The zero-order valence-corrected chi connectivity index (χ0v) is 19.6. The van der Waals surface area contributed by atoms with E-state index in [4.69, 9.17) is 4.74 Å². The number of sulfonamides is 1. The number of fused-ring (bicyclic) bond motifs is 1. The van der Waals surface area contributed by atoms with Crippen molar-refractivity contribution in [3.05, 3.63) is 26.7 Å². The Labute approximate surface area is 186 Å². The van der Waals surface area contributed by atoms with E-state index in [-0.39, 0.29) is 24.3 Å². The molecule has 0 radical (unpaired) electrons. The highest BCUT2D eigenvalue weighted by Gasteiger charge is 2.31. The summed E-state index contributed by atoms with van der Waals surface area (Å²) in [5, 5.41) is 0. The molecule has 0 bridgehead atoms. The average molecular weight is 470 g/mol. The van der Waals surface area contributed by atoms with Crippen LogP contribution in [0.1, 0.15) is 51.8 Å². The molecule has 0 spiro atoms. The second kappa shape index (κ2) is 9.99. The van der Waals surface area contributed by atoms with E-state index in [0.29, 0.717) is 44.7 Å². The average Bonchev–Trinajstić information content (AvgIpc) is 3.10. The van der Waals surface area contributed by atoms with Crippen molar-refractivity contribution in [2.45, 2.75) is 65.6 Å². The molecule has 0 amide bonds. The van der Waals surface area contributed by atoms with Crippen LogP contribution in [0.15, 0.2) is 9.59 Å². The number of nitrogens with one attached hydrogen (secondary N) is 1. The molecule has 178 valence electrons. The molecule has 1 saturated heterocycles. The van der Waals surface area contributed by atoms with Crippen molar-refractivity contribution in [3.8, 4) is 0 Å². The van der Waals surface area contributed by atoms with E-state index in [1.165, 1.54) is 8.87 Å². The normalized spacial score (nSPS) is 17.7. The van der Waals surface area contributed by atoms with Gasteiger partial charge in [-0.3, -0.25) is 19.1 Å². The fourth-order valence-electron chi connectivity index (χ4n) is 4.01. The van der Waals surface area contributed by atoms with Crippen molar-refractivity contribution in [1.82, 2.24) is 23.4 Å². The number of aromatic amines is 1. The Hall–Kier alpha value is -2.47. The third-order valence-corrected chi connectivity index (χ3v) is 6.95. The van der Waals surface area contributed by atoms with Crippen LogP contribution < -0.4 is 11.2 Å². The first-order valence-electron chi connectivity index (χ1n) is 11.0. The maximum atomic E-state index is 12.7. The van der Waals surface area contributed by atoms with Gasteiger partial charge in [0.1, 0.15) is 12.4 Å². The van der Waals surface area contributed by atoms with E-state index in [2.05, 4.69) is 9.97 Å². The lowest BCUT2D eigenvalue weighted by Crippen LogP contribution is -2.42. The Kier molecular flexibility index (Phi) is 7.55. The van der Waals surface area contributed by atoms with Gasteiger partial charge in [-0.05, 0) is 25.7 Å². The number of hydrogen-bond acceptors (Lipinski definition) is 7. The summed E-state index contributed by atoms with van der Waals surface area (Å²) in [6.07, 6.45) is 4.60. The molecule has 0 unspecified atom stereocenters. The molecule has 1 aliphatic heterocycles. The maximum Gasteiger partial charge on any atom is 0.330 e. The van der Waals surface area contributed by atoms with Crippen molar-refractivity contribution < 1.29 is 17.9 Å². The lowest BCUT2D eigenvalue weighted by molar-refractivity contribution is -0.151. The monoisotopic (exact) mass is 469 g/mol. The summed E-state index contributed by atoms with van der Waals surface area (Å²) in [6, 6.07) is 0. The number of hydrogen-bond donors (Lipinski definition) is 1. The number of piperidine rings is 1. The number of unbranched alkanes of at least 4 members (excludes halogenated alkanes) is 1. The second-order valence-corrected chi connectivity index (χ2v) is 10.2. The number of carbonyl (C=O) groups is 1. The molecule has 0 aromatic carbocycles. The van der Waals surface area contributed by atoms with Crippen LogP contribution in [-0.2, 0) is 39.3 Å². The SMILES string of the molecule is CCCCn1c(=O)[nH]c(=O)c2c1nc(COC(=O)[C@H]1CCCN(S(C)(=O)=O)C1)n2CCC. The molecule has 11 nitrogen and oxygen atoms in total. The van der Waals surface area contributed by atoms with E-state index in [0.717, 1.165) is 19.1 Å². The summed E-state index contributed by atoms with van der Waals surface area (Å²) in [5.41, 5.74) is -0.460. The minimum absolute atomic E-state index is 0.0965. The fourth-order valence-corrected chi connectivity index (χ4v) is 4.92. The van der Waals surface area contributed by atoms with Gasteiger partial charge in [0.25, 0.3) is 5.56 Å². The third-order valence-electron chi connectivity index (χ3n) is 5.68. The van der Waals surface area contributed by atoms with Gasteiger partial charge in [-0.25, -0.2) is 22.5 Å². The molecule has 2 aromatic rings. The molecule has 0 saturated carbocycles. The molecule has 2 aromatic heterocycles. The highest BCUT2D eigenvalue weighted by molar-refractivity contribution is 7.88. The molecule has 1 aliphatic rings. The Morgan fingerprint density at radius 3 is 2.59 bits per heavy atom. The highest BCUT2D eigenvalue weighted by atomic mass is 32.2. The van der Waals surface area contributed by atoms with Crippen LogP contribution in [-0.4, -0.2) is 57.1 Å². The number of esters is 1. The molecule has 3 heterocycles. The Bertz CT molecular complexity index is 1200. The number of rotatable bonds is 9. The van der Waals surface area contributed by atoms with Crippen LogP contribution >= 0.6 is 0 Å². The summed E-state index contributed by atoms with van der Waals surface area (Å²) in [7, 11) is -3.37. The molecule has 32 heavy (non-hydrogen) atoms. The lowest BCUT2D eigenvalue weighted by atomic mass is 10.0. The van der Waals surface area contributed by atoms with E-state index < -0.39 is 33.2 Å². The minimum Gasteiger partial charge on any atom is -0.457 e. The van der Waals surface area contributed by atoms with Crippen molar-refractivity contribution in [1.29, 1.82) is 0 Å². The van der Waals surface area contributed by atoms with E-state index in [1.807, 2.05) is 13.8 Å². The van der Waals surface area contributed by atoms with Crippen LogP contribution in [0.4, 0.5) is 0 Å². The Balaban J connectivity index is 1.87. The number of H-pyrrole nitrogens is 1.